The summed E-state index contributed by atoms with van der Waals surface area (Å²) in [4.78, 5) is 11.4. The number of allylic oxidation sites excluding steroid dienone is 1. The first-order valence-corrected chi connectivity index (χ1v) is 4.63. The van der Waals surface area contributed by atoms with E-state index in [0.717, 1.165) is 0 Å². The average molecular weight is 186 g/mol. The van der Waals surface area contributed by atoms with Crippen molar-refractivity contribution < 1.29 is 14.3 Å². The van der Waals surface area contributed by atoms with Gasteiger partial charge in [-0.15, -0.1) is 6.58 Å². The zero-order valence-electron chi connectivity index (χ0n) is 8.41. The van der Waals surface area contributed by atoms with Crippen LogP contribution in [-0.2, 0) is 14.3 Å². The molecule has 0 saturated carbocycles. The van der Waals surface area contributed by atoms with Crippen molar-refractivity contribution in [3.8, 4) is 0 Å². The molecule has 0 N–H and O–H groups in total. The minimum atomic E-state index is -0.685. The quantitative estimate of drug-likeness (QED) is 0.429. The molecule has 0 amide bonds. The smallest absolute Gasteiger partial charge is 0.217 e. The third kappa shape index (κ3) is 5.55. The van der Waals surface area contributed by atoms with Gasteiger partial charge in [-0.2, -0.15) is 0 Å². The lowest BCUT2D eigenvalue weighted by molar-refractivity contribution is -0.167. The molecule has 0 aromatic carbocycles. The monoisotopic (exact) mass is 186 g/mol. The van der Waals surface area contributed by atoms with E-state index in [1.54, 1.807) is 6.08 Å². The summed E-state index contributed by atoms with van der Waals surface area (Å²) in [5, 5.41) is 0. The molecule has 0 spiro atoms. The van der Waals surface area contributed by atoms with Gasteiger partial charge in [-0.25, -0.2) is 0 Å². The number of Topliss-reactive ketones (excluding diaryl/α,β-unsaturated/α-hetero) is 1. The molecule has 0 fully saturated rings. The molecule has 0 saturated heterocycles. The van der Waals surface area contributed by atoms with Crippen LogP contribution in [0.3, 0.4) is 0 Å². The molecule has 0 aliphatic rings. The third-order valence-electron chi connectivity index (χ3n) is 1.49. The van der Waals surface area contributed by atoms with Gasteiger partial charge in [0.25, 0.3) is 0 Å². The first kappa shape index (κ1) is 12.3. The molecule has 0 unspecified atom stereocenters. The molecule has 0 rings (SSSR count). The van der Waals surface area contributed by atoms with Crippen molar-refractivity contribution in [1.29, 1.82) is 0 Å². The highest BCUT2D eigenvalue weighted by atomic mass is 16.7. The van der Waals surface area contributed by atoms with E-state index in [1.807, 2.05) is 13.8 Å². The van der Waals surface area contributed by atoms with Crippen LogP contribution in [0, 0.1) is 0 Å². The van der Waals surface area contributed by atoms with Crippen LogP contribution in [0.4, 0.5) is 0 Å². The molecule has 0 radical (unpaired) electrons. The second-order valence-corrected chi connectivity index (χ2v) is 2.54. The molecule has 3 heteroatoms. The van der Waals surface area contributed by atoms with Gasteiger partial charge >= 0.3 is 0 Å². The first-order valence-electron chi connectivity index (χ1n) is 4.63. The fraction of sp³-hybridized carbons (Fsp3) is 0.700. The number of hydrogen-bond acceptors (Lipinski definition) is 3. The lowest BCUT2D eigenvalue weighted by atomic mass is 10.2. The van der Waals surface area contributed by atoms with Gasteiger partial charge in [0, 0.05) is 19.6 Å². The van der Waals surface area contributed by atoms with Gasteiger partial charge < -0.3 is 9.47 Å². The summed E-state index contributed by atoms with van der Waals surface area (Å²) >= 11 is 0. The van der Waals surface area contributed by atoms with Crippen molar-refractivity contribution >= 4 is 5.78 Å². The van der Waals surface area contributed by atoms with Gasteiger partial charge in [0.2, 0.25) is 6.29 Å². The van der Waals surface area contributed by atoms with E-state index < -0.39 is 6.29 Å². The molecule has 0 heterocycles. The Morgan fingerprint density at radius 3 is 2.31 bits per heavy atom. The van der Waals surface area contributed by atoms with Crippen LogP contribution in [-0.4, -0.2) is 25.3 Å². The van der Waals surface area contributed by atoms with Crippen molar-refractivity contribution in [2.24, 2.45) is 0 Å². The number of ether oxygens (including phenoxy) is 2. The van der Waals surface area contributed by atoms with E-state index in [1.165, 1.54) is 0 Å². The second kappa shape index (κ2) is 7.95. The van der Waals surface area contributed by atoms with Gasteiger partial charge in [-0.1, -0.05) is 6.08 Å². The standard InChI is InChI=1S/C10H18O3/c1-4-7-8-9(11)10(12-5-2)13-6-3/h4,10H,1,5-8H2,2-3H3. The topological polar surface area (TPSA) is 35.5 Å². The van der Waals surface area contributed by atoms with E-state index in [0.29, 0.717) is 26.1 Å². The van der Waals surface area contributed by atoms with Crippen molar-refractivity contribution in [3.63, 3.8) is 0 Å². The van der Waals surface area contributed by atoms with Gasteiger partial charge in [-0.3, -0.25) is 4.79 Å². The van der Waals surface area contributed by atoms with Crippen molar-refractivity contribution in [2.45, 2.75) is 33.0 Å². The van der Waals surface area contributed by atoms with E-state index >= 15 is 0 Å². The first-order chi connectivity index (χ1) is 6.26. The third-order valence-corrected chi connectivity index (χ3v) is 1.49. The Hall–Kier alpha value is -0.670. The molecule has 0 aliphatic heterocycles. The SMILES string of the molecule is C=CCCC(=O)C(OCC)OCC. The Balaban J connectivity index is 3.86. The van der Waals surface area contributed by atoms with E-state index in [9.17, 15) is 4.79 Å². The Kier molecular flexibility index (Phi) is 7.54. The normalized spacial score (nSPS) is 10.4. The van der Waals surface area contributed by atoms with Crippen LogP contribution in [0.1, 0.15) is 26.7 Å². The van der Waals surface area contributed by atoms with Crippen LogP contribution in [0.15, 0.2) is 12.7 Å². The van der Waals surface area contributed by atoms with Gasteiger partial charge in [-0.05, 0) is 20.3 Å². The second-order valence-electron chi connectivity index (χ2n) is 2.54. The van der Waals surface area contributed by atoms with Crippen molar-refractivity contribution in [1.82, 2.24) is 0 Å². The molecule has 3 nitrogen and oxygen atoms in total. The molecule has 0 atom stereocenters. The summed E-state index contributed by atoms with van der Waals surface area (Å²) in [6.45, 7) is 8.21. The summed E-state index contributed by atoms with van der Waals surface area (Å²) in [5.41, 5.74) is 0. The number of carbonyl (C=O) groups excluding carboxylic acids is 1. The van der Waals surface area contributed by atoms with E-state index in [2.05, 4.69) is 6.58 Å². The van der Waals surface area contributed by atoms with Crippen molar-refractivity contribution in [3.05, 3.63) is 12.7 Å². The molecular formula is C10H18O3. The Morgan fingerprint density at radius 2 is 1.92 bits per heavy atom. The summed E-state index contributed by atoms with van der Waals surface area (Å²) in [6, 6.07) is 0. The predicted molar refractivity (Wildman–Crippen MR) is 51.5 cm³/mol. The largest absolute Gasteiger partial charge is 0.346 e. The zero-order valence-corrected chi connectivity index (χ0v) is 8.41. The fourth-order valence-electron chi connectivity index (χ4n) is 0.899. The molecule has 0 aliphatic carbocycles. The number of ketones is 1. The molecule has 13 heavy (non-hydrogen) atoms. The average Bonchev–Trinajstić information content (AvgIpc) is 2.14. The summed E-state index contributed by atoms with van der Waals surface area (Å²) in [5.74, 6) is -0.0106. The van der Waals surface area contributed by atoms with Crippen molar-refractivity contribution in [2.75, 3.05) is 13.2 Å². The summed E-state index contributed by atoms with van der Waals surface area (Å²) < 4.78 is 10.3. The molecule has 0 aromatic heterocycles. The maximum atomic E-state index is 11.4. The molecule has 0 aromatic rings. The number of hydrogen-bond donors (Lipinski definition) is 0. The van der Waals surface area contributed by atoms with Crippen LogP contribution in [0.25, 0.3) is 0 Å². The lowest BCUT2D eigenvalue weighted by Crippen LogP contribution is -2.27. The number of rotatable bonds is 8. The number of carbonyl (C=O) groups is 1. The predicted octanol–water partition coefficient (Wildman–Crippen LogP) is 1.92. The van der Waals surface area contributed by atoms with Gasteiger partial charge in [0.05, 0.1) is 0 Å². The van der Waals surface area contributed by atoms with Crippen LogP contribution >= 0.6 is 0 Å². The Labute approximate surface area is 79.7 Å². The zero-order chi connectivity index (χ0) is 10.1. The van der Waals surface area contributed by atoms with Crippen LogP contribution < -0.4 is 0 Å². The molecular weight excluding hydrogens is 168 g/mol. The Bertz CT molecular complexity index is 148. The Morgan fingerprint density at radius 1 is 1.38 bits per heavy atom. The van der Waals surface area contributed by atoms with Crippen LogP contribution in [0.5, 0.6) is 0 Å². The lowest BCUT2D eigenvalue weighted by Gasteiger charge is -2.14. The summed E-state index contributed by atoms with van der Waals surface area (Å²) in [6.07, 6.45) is 2.14. The summed E-state index contributed by atoms with van der Waals surface area (Å²) in [7, 11) is 0. The molecule has 76 valence electrons. The van der Waals surface area contributed by atoms with E-state index in [-0.39, 0.29) is 5.78 Å². The molecule has 0 bridgehead atoms. The fourth-order valence-corrected chi connectivity index (χ4v) is 0.899. The maximum absolute atomic E-state index is 11.4. The van der Waals surface area contributed by atoms with Gasteiger partial charge in [0.15, 0.2) is 5.78 Å². The highest BCUT2D eigenvalue weighted by Crippen LogP contribution is 2.02. The highest BCUT2D eigenvalue weighted by Gasteiger charge is 2.16. The van der Waals surface area contributed by atoms with E-state index in [4.69, 9.17) is 9.47 Å². The highest BCUT2D eigenvalue weighted by molar-refractivity contribution is 5.81. The minimum Gasteiger partial charge on any atom is -0.346 e. The minimum absolute atomic E-state index is 0.0106. The van der Waals surface area contributed by atoms with Gasteiger partial charge in [0.1, 0.15) is 0 Å². The van der Waals surface area contributed by atoms with Crippen LogP contribution in [0.2, 0.25) is 0 Å². The maximum Gasteiger partial charge on any atom is 0.217 e.